The molecule has 0 spiro atoms. The number of amides is 1. The number of benzene rings is 2. The van der Waals surface area contributed by atoms with Gasteiger partial charge in [-0.1, -0.05) is 29.3 Å². The van der Waals surface area contributed by atoms with E-state index in [4.69, 9.17) is 27.9 Å². The molecule has 27 heavy (non-hydrogen) atoms. The number of sulfonamides is 1. The summed E-state index contributed by atoms with van der Waals surface area (Å²) in [7, 11) is -3.86. The second-order valence-electron chi connectivity index (χ2n) is 5.71. The second kappa shape index (κ2) is 8.12. The van der Waals surface area contributed by atoms with E-state index in [2.05, 4.69) is 5.32 Å². The van der Waals surface area contributed by atoms with E-state index in [9.17, 15) is 17.6 Å². The number of carbonyl (C=O) groups excluding carboxylic acids is 1. The molecule has 0 bridgehead atoms. The van der Waals surface area contributed by atoms with E-state index in [1.807, 2.05) is 0 Å². The first-order valence-electron chi connectivity index (χ1n) is 7.93. The van der Waals surface area contributed by atoms with Gasteiger partial charge in [-0.05, 0) is 30.3 Å². The fourth-order valence-electron chi connectivity index (χ4n) is 2.61. The number of hydrogen-bond donors (Lipinski definition) is 1. The van der Waals surface area contributed by atoms with Gasteiger partial charge in [-0.2, -0.15) is 4.31 Å². The number of hydrogen-bond acceptors (Lipinski definition) is 4. The van der Waals surface area contributed by atoms with E-state index in [0.29, 0.717) is 13.2 Å². The summed E-state index contributed by atoms with van der Waals surface area (Å²) in [6.45, 7) is 0.998. The van der Waals surface area contributed by atoms with Gasteiger partial charge in [0.15, 0.2) is 0 Å². The third-order valence-corrected chi connectivity index (χ3v) is 6.66. The molecule has 1 aliphatic heterocycles. The van der Waals surface area contributed by atoms with Crippen molar-refractivity contribution in [1.82, 2.24) is 4.31 Å². The highest BCUT2D eigenvalue weighted by atomic mass is 35.5. The van der Waals surface area contributed by atoms with Crippen LogP contribution < -0.4 is 5.32 Å². The minimum absolute atomic E-state index is 0.0171. The zero-order chi connectivity index (χ0) is 19.6. The Balaban J connectivity index is 1.90. The highest BCUT2D eigenvalue weighted by molar-refractivity contribution is 7.89. The van der Waals surface area contributed by atoms with E-state index < -0.39 is 21.7 Å². The highest BCUT2D eigenvalue weighted by Gasteiger charge is 2.29. The molecule has 0 aromatic heterocycles. The Bertz CT molecular complexity index is 959. The van der Waals surface area contributed by atoms with Crippen LogP contribution in [0.25, 0.3) is 0 Å². The summed E-state index contributed by atoms with van der Waals surface area (Å²) in [4.78, 5) is 12.2. The molecule has 2 aromatic rings. The molecule has 2 aromatic carbocycles. The van der Waals surface area contributed by atoms with Crippen LogP contribution in [0, 0.1) is 5.82 Å². The minimum atomic E-state index is -3.86. The van der Waals surface area contributed by atoms with E-state index in [-0.39, 0.29) is 39.3 Å². The lowest BCUT2D eigenvalue weighted by Gasteiger charge is -2.26. The van der Waals surface area contributed by atoms with Crippen molar-refractivity contribution in [2.75, 3.05) is 31.6 Å². The standard InChI is InChI=1S/C17H15Cl2FN2O4S/c18-12-5-4-11(21-17(23)16-13(19)2-1-3-14(16)20)10-15(12)27(24,25)22-6-8-26-9-7-22/h1-5,10H,6-9H2,(H,21,23). The van der Waals surface area contributed by atoms with Crippen LogP contribution in [0.15, 0.2) is 41.3 Å². The first kappa shape index (κ1) is 20.0. The second-order valence-corrected chi connectivity index (χ2v) is 8.43. The Hall–Kier alpha value is -1.71. The molecule has 1 heterocycles. The molecule has 0 aliphatic carbocycles. The maximum Gasteiger partial charge on any atom is 0.260 e. The average molecular weight is 433 g/mol. The van der Waals surface area contributed by atoms with Gasteiger partial charge in [0.05, 0.1) is 28.8 Å². The average Bonchev–Trinajstić information content (AvgIpc) is 2.64. The largest absolute Gasteiger partial charge is 0.379 e. The van der Waals surface area contributed by atoms with Crippen LogP contribution in [0.2, 0.25) is 10.0 Å². The van der Waals surface area contributed by atoms with Gasteiger partial charge in [-0.25, -0.2) is 12.8 Å². The van der Waals surface area contributed by atoms with Crippen molar-refractivity contribution in [1.29, 1.82) is 0 Å². The van der Waals surface area contributed by atoms with Gasteiger partial charge in [-0.15, -0.1) is 0 Å². The predicted molar refractivity (Wildman–Crippen MR) is 100 cm³/mol. The lowest BCUT2D eigenvalue weighted by molar-refractivity contribution is 0.0730. The Morgan fingerprint density at radius 3 is 2.48 bits per heavy atom. The van der Waals surface area contributed by atoms with Gasteiger partial charge in [0.1, 0.15) is 10.7 Å². The fraction of sp³-hybridized carbons (Fsp3) is 0.235. The SMILES string of the molecule is O=C(Nc1ccc(Cl)c(S(=O)(=O)N2CCOCC2)c1)c1c(F)cccc1Cl. The van der Waals surface area contributed by atoms with Crippen LogP contribution in [-0.2, 0) is 14.8 Å². The van der Waals surface area contributed by atoms with E-state index in [0.717, 1.165) is 6.07 Å². The lowest BCUT2D eigenvalue weighted by Crippen LogP contribution is -2.40. The Morgan fingerprint density at radius 2 is 1.81 bits per heavy atom. The van der Waals surface area contributed by atoms with Gasteiger partial charge in [0, 0.05) is 18.8 Å². The molecule has 0 saturated carbocycles. The summed E-state index contributed by atoms with van der Waals surface area (Å²) in [6.07, 6.45) is 0. The number of anilines is 1. The molecule has 10 heteroatoms. The number of nitrogens with one attached hydrogen (secondary N) is 1. The van der Waals surface area contributed by atoms with Crippen LogP contribution >= 0.6 is 23.2 Å². The van der Waals surface area contributed by atoms with Gasteiger partial charge >= 0.3 is 0 Å². The van der Waals surface area contributed by atoms with Crippen molar-refractivity contribution in [3.8, 4) is 0 Å². The Morgan fingerprint density at radius 1 is 1.11 bits per heavy atom. The molecule has 1 fully saturated rings. The van der Waals surface area contributed by atoms with Crippen molar-refractivity contribution < 1.29 is 22.3 Å². The van der Waals surface area contributed by atoms with Gasteiger partial charge in [0.25, 0.3) is 5.91 Å². The number of nitrogens with zero attached hydrogens (tertiary/aromatic N) is 1. The van der Waals surface area contributed by atoms with E-state index in [1.165, 1.54) is 34.6 Å². The fourth-order valence-corrected chi connectivity index (χ4v) is 4.77. The van der Waals surface area contributed by atoms with E-state index in [1.54, 1.807) is 0 Å². The monoisotopic (exact) mass is 432 g/mol. The molecule has 3 rings (SSSR count). The summed E-state index contributed by atoms with van der Waals surface area (Å²) >= 11 is 12.0. The maximum absolute atomic E-state index is 13.9. The zero-order valence-electron chi connectivity index (χ0n) is 13.9. The molecule has 1 amide bonds. The lowest BCUT2D eigenvalue weighted by atomic mass is 10.2. The highest BCUT2D eigenvalue weighted by Crippen LogP contribution is 2.29. The molecular weight excluding hydrogens is 418 g/mol. The van der Waals surface area contributed by atoms with Gasteiger partial charge < -0.3 is 10.1 Å². The van der Waals surface area contributed by atoms with E-state index >= 15 is 0 Å². The van der Waals surface area contributed by atoms with Crippen LogP contribution in [0.5, 0.6) is 0 Å². The topological polar surface area (TPSA) is 75.7 Å². The van der Waals surface area contributed by atoms with Crippen LogP contribution in [0.4, 0.5) is 10.1 Å². The number of halogens is 3. The van der Waals surface area contributed by atoms with Crippen molar-refractivity contribution in [3.63, 3.8) is 0 Å². The number of morpholine rings is 1. The number of carbonyl (C=O) groups is 1. The van der Waals surface area contributed by atoms with Crippen molar-refractivity contribution in [3.05, 3.63) is 57.8 Å². The molecule has 6 nitrogen and oxygen atoms in total. The number of ether oxygens (including phenoxy) is 1. The summed E-state index contributed by atoms with van der Waals surface area (Å²) < 4.78 is 46.0. The predicted octanol–water partition coefficient (Wildman–Crippen LogP) is 3.41. The summed E-state index contributed by atoms with van der Waals surface area (Å²) in [6, 6.07) is 7.89. The molecule has 0 atom stereocenters. The zero-order valence-corrected chi connectivity index (χ0v) is 16.2. The van der Waals surface area contributed by atoms with Crippen LogP contribution in [0.3, 0.4) is 0 Å². The quantitative estimate of drug-likeness (QED) is 0.802. The molecule has 144 valence electrons. The first-order chi connectivity index (χ1) is 12.8. The van der Waals surface area contributed by atoms with Crippen molar-refractivity contribution >= 4 is 44.8 Å². The Kier molecular flexibility index (Phi) is 6.02. The molecular formula is C17H15Cl2FN2O4S. The Labute approximate surface area is 165 Å². The van der Waals surface area contributed by atoms with Crippen LogP contribution in [0.1, 0.15) is 10.4 Å². The summed E-state index contributed by atoms with van der Waals surface area (Å²) in [5.41, 5.74) is -0.178. The number of rotatable bonds is 4. The molecule has 1 N–H and O–H groups in total. The van der Waals surface area contributed by atoms with Crippen molar-refractivity contribution in [2.24, 2.45) is 0 Å². The molecule has 1 aliphatic rings. The third-order valence-electron chi connectivity index (χ3n) is 3.97. The van der Waals surface area contributed by atoms with Crippen LogP contribution in [-0.4, -0.2) is 44.9 Å². The van der Waals surface area contributed by atoms with Gasteiger partial charge in [0.2, 0.25) is 10.0 Å². The smallest absolute Gasteiger partial charge is 0.260 e. The normalized spacial score (nSPS) is 15.5. The summed E-state index contributed by atoms with van der Waals surface area (Å²) in [5.74, 6) is -1.58. The molecule has 0 unspecified atom stereocenters. The maximum atomic E-state index is 13.9. The minimum Gasteiger partial charge on any atom is -0.379 e. The third kappa shape index (κ3) is 4.25. The van der Waals surface area contributed by atoms with Gasteiger partial charge in [-0.3, -0.25) is 4.79 Å². The van der Waals surface area contributed by atoms with Crippen molar-refractivity contribution in [2.45, 2.75) is 4.90 Å². The first-order valence-corrected chi connectivity index (χ1v) is 10.1. The molecule has 0 radical (unpaired) electrons. The molecule has 1 saturated heterocycles. The summed E-state index contributed by atoms with van der Waals surface area (Å²) in [5, 5.41) is 2.42.